The maximum atomic E-state index is 12.5. The van der Waals surface area contributed by atoms with Gasteiger partial charge in [0.2, 0.25) is 0 Å². The molecule has 5 atom stereocenters. The second-order valence-corrected chi connectivity index (χ2v) is 7.85. The molecular weight excluding hydrogens is 264 g/mol. The Morgan fingerprint density at radius 1 is 1.29 bits per heavy atom. The van der Waals surface area contributed by atoms with E-state index in [1.165, 1.54) is 24.8 Å². The molecule has 0 radical (unpaired) electrons. The van der Waals surface area contributed by atoms with Crippen LogP contribution in [0, 0.1) is 22.7 Å². The number of fused-ring (bicyclic) bond motifs is 4. The van der Waals surface area contributed by atoms with Crippen LogP contribution in [0.25, 0.3) is 0 Å². The third-order valence-electron chi connectivity index (χ3n) is 6.63. The average Bonchev–Trinajstić information content (AvgIpc) is 2.83. The molecule has 0 aromatic heterocycles. The number of ether oxygens (including phenoxy) is 1. The molecule has 5 unspecified atom stereocenters. The average molecular weight is 288 g/mol. The van der Waals surface area contributed by atoms with Crippen LogP contribution in [0.3, 0.4) is 0 Å². The highest BCUT2D eigenvalue weighted by molar-refractivity contribution is 5.77. The van der Waals surface area contributed by atoms with E-state index in [0.717, 1.165) is 18.6 Å². The van der Waals surface area contributed by atoms with Gasteiger partial charge in [0.05, 0.1) is 12.0 Å². The number of rotatable bonds is 0. The fourth-order valence-electron chi connectivity index (χ4n) is 5.23. The van der Waals surface area contributed by atoms with Crippen molar-refractivity contribution in [3.05, 3.63) is 23.5 Å². The Morgan fingerprint density at radius 3 is 2.90 bits per heavy atom. The predicted molar refractivity (Wildman–Crippen MR) is 79.2 cm³/mol. The van der Waals surface area contributed by atoms with Crippen LogP contribution in [0.2, 0.25) is 0 Å². The third kappa shape index (κ3) is 1.73. The van der Waals surface area contributed by atoms with Gasteiger partial charge in [-0.25, -0.2) is 0 Å². The Bertz CT molecular complexity index is 561. The monoisotopic (exact) mass is 288 g/mol. The summed E-state index contributed by atoms with van der Waals surface area (Å²) in [7, 11) is 0. The van der Waals surface area contributed by atoms with E-state index in [9.17, 15) is 9.90 Å². The quantitative estimate of drug-likeness (QED) is 0.549. The van der Waals surface area contributed by atoms with Gasteiger partial charge in [-0.2, -0.15) is 0 Å². The van der Waals surface area contributed by atoms with Gasteiger partial charge in [-0.15, -0.1) is 0 Å². The highest BCUT2D eigenvalue weighted by Gasteiger charge is 2.56. The number of aliphatic hydroxyl groups is 1. The van der Waals surface area contributed by atoms with Crippen LogP contribution >= 0.6 is 0 Å². The number of carbonyl (C=O) groups is 1. The number of hydrogen-bond acceptors (Lipinski definition) is 3. The van der Waals surface area contributed by atoms with Crippen LogP contribution in [0.1, 0.15) is 52.4 Å². The fraction of sp³-hybridized carbons (Fsp3) is 0.722. The highest BCUT2D eigenvalue weighted by Crippen LogP contribution is 2.60. The Balaban J connectivity index is 1.83. The summed E-state index contributed by atoms with van der Waals surface area (Å²) in [6.07, 6.45) is 9.78. The molecule has 1 saturated heterocycles. The van der Waals surface area contributed by atoms with Gasteiger partial charge in [0.15, 0.2) is 0 Å². The van der Waals surface area contributed by atoms with Crippen molar-refractivity contribution in [2.45, 2.75) is 58.5 Å². The smallest absolute Gasteiger partial charge is 0.315 e. The van der Waals surface area contributed by atoms with Gasteiger partial charge < -0.3 is 9.84 Å². The molecule has 0 amide bonds. The van der Waals surface area contributed by atoms with E-state index in [2.05, 4.69) is 19.9 Å². The van der Waals surface area contributed by atoms with Crippen molar-refractivity contribution in [1.82, 2.24) is 0 Å². The molecule has 0 aromatic rings. The molecule has 3 heteroatoms. The molecule has 1 heterocycles. The summed E-state index contributed by atoms with van der Waals surface area (Å²) in [6.45, 7) is 4.52. The van der Waals surface area contributed by atoms with Gasteiger partial charge in [-0.3, -0.25) is 4.79 Å². The van der Waals surface area contributed by atoms with Crippen molar-refractivity contribution in [3.8, 4) is 0 Å². The molecule has 4 rings (SSSR count). The van der Waals surface area contributed by atoms with Crippen LogP contribution in [0.15, 0.2) is 23.5 Å². The Labute approximate surface area is 126 Å². The minimum Gasteiger partial charge on any atom is -0.431 e. The van der Waals surface area contributed by atoms with Crippen LogP contribution in [0.5, 0.6) is 0 Å². The lowest BCUT2D eigenvalue weighted by Crippen LogP contribution is -2.50. The summed E-state index contributed by atoms with van der Waals surface area (Å²) in [5.74, 6) is 0.976. The minimum absolute atomic E-state index is 0.129. The first-order valence-electron chi connectivity index (χ1n) is 8.27. The topological polar surface area (TPSA) is 46.5 Å². The minimum atomic E-state index is -0.509. The molecule has 0 bridgehead atoms. The molecule has 1 N–H and O–H groups in total. The van der Waals surface area contributed by atoms with E-state index in [1.807, 2.05) is 6.08 Å². The normalized spacial score (nSPS) is 48.5. The maximum Gasteiger partial charge on any atom is 0.315 e. The molecule has 1 aliphatic heterocycles. The van der Waals surface area contributed by atoms with Crippen molar-refractivity contribution in [1.29, 1.82) is 0 Å². The van der Waals surface area contributed by atoms with Crippen LogP contribution in [0.4, 0.5) is 0 Å². The Kier molecular flexibility index (Phi) is 2.73. The number of aliphatic hydroxyl groups excluding tert-OH is 1. The molecule has 4 aliphatic rings. The first-order valence-corrected chi connectivity index (χ1v) is 8.27. The van der Waals surface area contributed by atoms with E-state index in [0.29, 0.717) is 12.3 Å². The lowest BCUT2D eigenvalue weighted by atomic mass is 9.56. The SMILES string of the molecule is CC12CCCC1=C1OC(=O)C3CC(O)C=CC3(C)C1CC2. The summed E-state index contributed by atoms with van der Waals surface area (Å²) in [4.78, 5) is 12.5. The maximum absolute atomic E-state index is 12.5. The lowest BCUT2D eigenvalue weighted by molar-refractivity contribution is -0.161. The van der Waals surface area contributed by atoms with Gasteiger partial charge in [0, 0.05) is 11.3 Å². The Morgan fingerprint density at radius 2 is 2.10 bits per heavy atom. The first-order chi connectivity index (χ1) is 9.94. The second kappa shape index (κ2) is 4.22. The van der Waals surface area contributed by atoms with E-state index < -0.39 is 6.10 Å². The van der Waals surface area contributed by atoms with Crippen molar-refractivity contribution in [2.75, 3.05) is 0 Å². The van der Waals surface area contributed by atoms with Crippen LogP contribution in [-0.2, 0) is 9.53 Å². The highest BCUT2D eigenvalue weighted by atomic mass is 16.5. The van der Waals surface area contributed by atoms with E-state index in [4.69, 9.17) is 4.74 Å². The number of hydrogen-bond donors (Lipinski definition) is 1. The first kappa shape index (κ1) is 13.6. The number of esters is 1. The van der Waals surface area contributed by atoms with Gasteiger partial charge in [0.1, 0.15) is 5.76 Å². The summed E-state index contributed by atoms with van der Waals surface area (Å²) in [5.41, 5.74) is 1.49. The standard InChI is InChI=1S/C18H24O3/c1-17-7-3-4-12(17)15-13(6-8-17)18(2)9-5-11(19)10-14(18)16(20)21-15/h5,9,11,13-14,19H,3-4,6-8,10H2,1-2H3. The molecule has 0 aromatic carbocycles. The molecular formula is C18H24O3. The van der Waals surface area contributed by atoms with Gasteiger partial charge in [-0.1, -0.05) is 26.0 Å². The number of allylic oxidation sites excluding steroid dienone is 3. The third-order valence-corrected chi connectivity index (χ3v) is 6.63. The van der Waals surface area contributed by atoms with E-state index in [1.54, 1.807) is 0 Å². The molecule has 114 valence electrons. The summed E-state index contributed by atoms with van der Waals surface area (Å²) < 4.78 is 5.85. The molecule has 1 saturated carbocycles. The largest absolute Gasteiger partial charge is 0.431 e. The van der Waals surface area contributed by atoms with Gasteiger partial charge >= 0.3 is 5.97 Å². The van der Waals surface area contributed by atoms with Crippen LogP contribution < -0.4 is 0 Å². The Hall–Kier alpha value is -1.09. The van der Waals surface area contributed by atoms with Crippen molar-refractivity contribution in [2.24, 2.45) is 22.7 Å². The molecule has 3 nitrogen and oxygen atoms in total. The molecule has 21 heavy (non-hydrogen) atoms. The molecule has 0 spiro atoms. The van der Waals surface area contributed by atoms with Crippen molar-refractivity contribution in [3.63, 3.8) is 0 Å². The summed E-state index contributed by atoms with van der Waals surface area (Å²) in [6, 6.07) is 0. The molecule has 3 aliphatic carbocycles. The zero-order valence-corrected chi connectivity index (χ0v) is 12.9. The predicted octanol–water partition coefficient (Wildman–Crippen LogP) is 3.34. The van der Waals surface area contributed by atoms with E-state index >= 15 is 0 Å². The van der Waals surface area contributed by atoms with Crippen LogP contribution in [-0.4, -0.2) is 17.2 Å². The van der Waals surface area contributed by atoms with E-state index in [-0.39, 0.29) is 22.7 Å². The second-order valence-electron chi connectivity index (χ2n) is 7.85. The molecule has 2 fully saturated rings. The summed E-state index contributed by atoms with van der Waals surface area (Å²) in [5, 5.41) is 9.86. The lowest BCUT2D eigenvalue weighted by Gasteiger charge is -2.51. The summed E-state index contributed by atoms with van der Waals surface area (Å²) >= 11 is 0. The fourth-order valence-corrected chi connectivity index (χ4v) is 5.23. The zero-order valence-electron chi connectivity index (χ0n) is 12.9. The zero-order chi connectivity index (χ0) is 14.8. The van der Waals surface area contributed by atoms with Gasteiger partial charge in [0.25, 0.3) is 0 Å². The number of carbonyl (C=O) groups excluding carboxylic acids is 1. The van der Waals surface area contributed by atoms with Crippen molar-refractivity contribution >= 4 is 5.97 Å². The van der Waals surface area contributed by atoms with Crippen molar-refractivity contribution < 1.29 is 14.6 Å². The van der Waals surface area contributed by atoms with Gasteiger partial charge in [-0.05, 0) is 49.5 Å².